The lowest BCUT2D eigenvalue weighted by atomic mass is 9.82. The monoisotopic (exact) mass is 700 g/mol. The summed E-state index contributed by atoms with van der Waals surface area (Å²) in [6.07, 6.45) is 0. The predicted octanol–water partition coefficient (Wildman–Crippen LogP) is 9.14. The van der Waals surface area contributed by atoms with Crippen LogP contribution in [0.3, 0.4) is 0 Å². The van der Waals surface area contributed by atoms with Crippen molar-refractivity contribution >= 4 is 23.4 Å². The summed E-state index contributed by atoms with van der Waals surface area (Å²) in [6, 6.07) is 59.4. The Bertz CT molecular complexity index is 1990. The number of carbonyl (C=O) groups excluding carboxylic acids is 2. The van der Waals surface area contributed by atoms with Gasteiger partial charge in [0.15, 0.2) is 0 Å². The number of rotatable bonds is 12. The standard InChI is InChI=1S/C24H23NO2.C23H21NO2/c1-24(23(26)27-2,21-16-10-5-11-17-21)18-25-22(19-12-6-3-7-13-19)20-14-8-4-9-15-20;1-26-23(25)21(18-11-5-2-6-12-18)17-24-22(19-13-7-3-8-14-19)20-15-9-4-10-16-20/h3-17H,18H2,1-2H3;2-16,21H,17H2,1H3. The zero-order chi connectivity index (χ0) is 37.3. The number of nitrogens with zero attached hydrogens (tertiary/aromatic N) is 2. The van der Waals surface area contributed by atoms with E-state index in [0.717, 1.165) is 44.8 Å². The van der Waals surface area contributed by atoms with Gasteiger partial charge < -0.3 is 9.47 Å². The SMILES string of the molecule is COC(=O)C(C)(CN=C(c1ccccc1)c1ccccc1)c1ccccc1.COC(=O)C(CN=C(c1ccccc1)c1ccccc1)c1ccccc1. The van der Waals surface area contributed by atoms with Crippen molar-refractivity contribution in [2.24, 2.45) is 9.98 Å². The van der Waals surface area contributed by atoms with Gasteiger partial charge >= 0.3 is 11.9 Å². The van der Waals surface area contributed by atoms with Gasteiger partial charge in [-0.1, -0.05) is 182 Å². The van der Waals surface area contributed by atoms with Crippen molar-refractivity contribution in [2.45, 2.75) is 18.3 Å². The van der Waals surface area contributed by atoms with Gasteiger partial charge in [-0.15, -0.1) is 0 Å². The van der Waals surface area contributed by atoms with E-state index in [4.69, 9.17) is 19.5 Å². The van der Waals surface area contributed by atoms with Crippen molar-refractivity contribution in [3.63, 3.8) is 0 Å². The lowest BCUT2D eigenvalue weighted by Crippen LogP contribution is -2.37. The molecule has 2 atom stereocenters. The number of hydrogen-bond donors (Lipinski definition) is 0. The molecule has 0 aromatic heterocycles. The smallest absolute Gasteiger partial charge is 0.317 e. The van der Waals surface area contributed by atoms with Crippen LogP contribution in [0.15, 0.2) is 192 Å². The highest BCUT2D eigenvalue weighted by molar-refractivity contribution is 6.13. The molecule has 0 saturated heterocycles. The van der Waals surface area contributed by atoms with Crippen molar-refractivity contribution in [1.82, 2.24) is 0 Å². The maximum atomic E-state index is 12.6. The molecule has 6 heteroatoms. The number of esters is 2. The molecule has 266 valence electrons. The second kappa shape index (κ2) is 19.3. The summed E-state index contributed by atoms with van der Waals surface area (Å²) < 4.78 is 10.1. The van der Waals surface area contributed by atoms with E-state index in [9.17, 15) is 9.59 Å². The Labute approximate surface area is 312 Å². The molecule has 0 aliphatic rings. The molecule has 0 aliphatic heterocycles. The van der Waals surface area contributed by atoms with E-state index >= 15 is 0 Å². The van der Waals surface area contributed by atoms with E-state index in [1.807, 2.05) is 189 Å². The van der Waals surface area contributed by atoms with Crippen molar-refractivity contribution in [3.05, 3.63) is 215 Å². The third-order valence-electron chi connectivity index (χ3n) is 8.91. The second-order valence-electron chi connectivity index (χ2n) is 12.5. The minimum atomic E-state index is -0.856. The average Bonchev–Trinajstić information content (AvgIpc) is 3.24. The molecule has 0 fully saturated rings. The third-order valence-corrected chi connectivity index (χ3v) is 8.91. The molecular formula is C47H44N2O4. The lowest BCUT2D eigenvalue weighted by Gasteiger charge is -2.26. The fraction of sp³-hybridized carbons (Fsp3) is 0.149. The van der Waals surface area contributed by atoms with Crippen LogP contribution in [0.2, 0.25) is 0 Å². The predicted molar refractivity (Wildman–Crippen MR) is 214 cm³/mol. The summed E-state index contributed by atoms with van der Waals surface area (Å²) in [5.41, 5.74) is 6.76. The van der Waals surface area contributed by atoms with Gasteiger partial charge in [-0.05, 0) is 18.1 Å². The minimum Gasteiger partial charge on any atom is -0.468 e. The molecule has 0 aliphatic carbocycles. The Balaban J connectivity index is 0.000000204. The fourth-order valence-electron chi connectivity index (χ4n) is 5.95. The summed E-state index contributed by atoms with van der Waals surface area (Å²) in [4.78, 5) is 34.7. The van der Waals surface area contributed by atoms with E-state index in [-0.39, 0.29) is 11.9 Å². The van der Waals surface area contributed by atoms with Crippen molar-refractivity contribution in [1.29, 1.82) is 0 Å². The molecular weight excluding hydrogens is 657 g/mol. The first kappa shape index (κ1) is 37.8. The van der Waals surface area contributed by atoms with Crippen molar-refractivity contribution in [2.75, 3.05) is 27.3 Å². The van der Waals surface area contributed by atoms with Gasteiger partial charge in [0.1, 0.15) is 11.3 Å². The minimum absolute atomic E-state index is 0.277. The lowest BCUT2D eigenvalue weighted by molar-refractivity contribution is -0.146. The van der Waals surface area contributed by atoms with Crippen LogP contribution in [0.25, 0.3) is 0 Å². The quantitative estimate of drug-likeness (QED) is 0.0943. The number of methoxy groups -OCH3 is 2. The van der Waals surface area contributed by atoms with Crippen molar-refractivity contribution in [3.8, 4) is 0 Å². The van der Waals surface area contributed by atoms with Crippen molar-refractivity contribution < 1.29 is 19.1 Å². The zero-order valence-electron chi connectivity index (χ0n) is 30.3. The molecule has 0 spiro atoms. The van der Waals surface area contributed by atoms with Gasteiger partial charge in [0.05, 0.1) is 38.7 Å². The van der Waals surface area contributed by atoms with E-state index in [2.05, 4.69) is 0 Å². The molecule has 0 saturated carbocycles. The number of hydrogen-bond acceptors (Lipinski definition) is 6. The highest BCUT2D eigenvalue weighted by Crippen LogP contribution is 2.27. The third kappa shape index (κ3) is 10.1. The summed E-state index contributed by atoms with van der Waals surface area (Å²) in [7, 11) is 2.83. The molecule has 0 radical (unpaired) electrons. The highest BCUT2D eigenvalue weighted by atomic mass is 16.5. The Morgan fingerprint density at radius 2 is 0.868 bits per heavy atom. The number of aliphatic imine (C=N–C) groups is 2. The van der Waals surface area contributed by atoms with Crippen LogP contribution < -0.4 is 0 Å². The molecule has 6 rings (SSSR count). The average molecular weight is 701 g/mol. The maximum Gasteiger partial charge on any atom is 0.317 e. The Hall–Kier alpha value is -6.40. The molecule has 0 N–H and O–H groups in total. The van der Waals surface area contributed by atoms with Crippen LogP contribution in [0, 0.1) is 0 Å². The Morgan fingerprint density at radius 3 is 1.25 bits per heavy atom. The zero-order valence-corrected chi connectivity index (χ0v) is 30.3. The Kier molecular flexibility index (Phi) is 13.8. The first-order valence-corrected chi connectivity index (χ1v) is 17.5. The maximum absolute atomic E-state index is 12.6. The van der Waals surface area contributed by atoms with Crippen LogP contribution in [-0.2, 0) is 24.5 Å². The van der Waals surface area contributed by atoms with E-state index in [0.29, 0.717) is 13.1 Å². The summed E-state index contributed by atoms with van der Waals surface area (Å²) in [5.74, 6) is -0.998. The number of ether oxygens (including phenoxy) is 2. The van der Waals surface area contributed by atoms with Gasteiger partial charge in [0.25, 0.3) is 0 Å². The first-order chi connectivity index (χ1) is 25.9. The van der Waals surface area contributed by atoms with E-state index in [1.165, 1.54) is 14.2 Å². The van der Waals surface area contributed by atoms with Crippen LogP contribution in [0.4, 0.5) is 0 Å². The van der Waals surface area contributed by atoms with Gasteiger partial charge in [0, 0.05) is 22.3 Å². The van der Waals surface area contributed by atoms with E-state index < -0.39 is 11.3 Å². The van der Waals surface area contributed by atoms with Gasteiger partial charge in [-0.25, -0.2) is 0 Å². The highest BCUT2D eigenvalue weighted by Gasteiger charge is 2.36. The number of benzene rings is 6. The van der Waals surface area contributed by atoms with Crippen LogP contribution in [0.1, 0.15) is 46.2 Å². The summed E-state index contributed by atoms with van der Waals surface area (Å²) in [5, 5.41) is 0. The molecule has 0 bridgehead atoms. The molecule has 53 heavy (non-hydrogen) atoms. The van der Waals surface area contributed by atoms with E-state index in [1.54, 1.807) is 0 Å². The molecule has 0 amide bonds. The van der Waals surface area contributed by atoms with Crippen LogP contribution >= 0.6 is 0 Å². The van der Waals surface area contributed by atoms with Gasteiger partial charge in [-0.2, -0.15) is 0 Å². The molecule has 6 aromatic rings. The summed E-state index contributed by atoms with van der Waals surface area (Å²) in [6.45, 7) is 2.50. The summed E-state index contributed by atoms with van der Waals surface area (Å²) >= 11 is 0. The first-order valence-electron chi connectivity index (χ1n) is 17.5. The number of carbonyl (C=O) groups is 2. The fourth-order valence-corrected chi connectivity index (χ4v) is 5.95. The molecule has 6 aromatic carbocycles. The second-order valence-corrected chi connectivity index (χ2v) is 12.5. The molecule has 6 nitrogen and oxygen atoms in total. The van der Waals surface area contributed by atoms with Crippen LogP contribution in [0.5, 0.6) is 0 Å². The molecule has 0 heterocycles. The topological polar surface area (TPSA) is 77.3 Å². The van der Waals surface area contributed by atoms with Gasteiger partial charge in [0.2, 0.25) is 0 Å². The van der Waals surface area contributed by atoms with Crippen LogP contribution in [-0.4, -0.2) is 50.7 Å². The van der Waals surface area contributed by atoms with Gasteiger partial charge in [-0.3, -0.25) is 19.6 Å². The normalized spacial score (nSPS) is 12.1. The molecule has 2 unspecified atom stereocenters. The largest absolute Gasteiger partial charge is 0.468 e. The Morgan fingerprint density at radius 1 is 0.509 bits per heavy atom.